The Morgan fingerprint density at radius 3 is 2.49 bits per heavy atom. The van der Waals surface area contributed by atoms with E-state index in [4.69, 9.17) is 0 Å². The van der Waals surface area contributed by atoms with E-state index in [0.29, 0.717) is 22.4 Å². The lowest BCUT2D eigenvalue weighted by Crippen LogP contribution is -2.28. The monoisotopic (exact) mass is 634 g/mol. The van der Waals surface area contributed by atoms with Crippen molar-refractivity contribution in [1.82, 2.24) is 20.1 Å². The number of nitrogens with one attached hydrogen (secondary N) is 1. The van der Waals surface area contributed by atoms with E-state index in [9.17, 15) is 18.0 Å². The van der Waals surface area contributed by atoms with Crippen molar-refractivity contribution >= 4 is 34.2 Å². The van der Waals surface area contributed by atoms with E-state index in [0.717, 1.165) is 47.5 Å². The van der Waals surface area contributed by atoms with Crippen LogP contribution in [0.1, 0.15) is 43.9 Å². The highest BCUT2D eigenvalue weighted by Crippen LogP contribution is 2.31. The van der Waals surface area contributed by atoms with Gasteiger partial charge >= 0.3 is 12.4 Å². The number of amidine groups is 1. The first kappa shape index (κ1) is 31.8. The molecule has 8 nitrogen and oxygen atoms in total. The summed E-state index contributed by atoms with van der Waals surface area (Å²) in [5, 5.41) is 8.08. The van der Waals surface area contributed by atoms with Crippen LogP contribution in [0.25, 0.3) is 22.6 Å². The molecule has 0 unspecified atom stereocenters. The predicted octanol–water partition coefficient (Wildman–Crippen LogP) is 8.16. The van der Waals surface area contributed by atoms with E-state index in [1.807, 2.05) is 38.1 Å². The minimum atomic E-state index is -4.75. The number of aromatic nitrogens is 3. The molecular formula is C33H33F3N6O2S. The Bertz CT molecular complexity index is 1730. The van der Waals surface area contributed by atoms with Crippen molar-refractivity contribution in [3.63, 3.8) is 0 Å². The molecule has 1 fully saturated rings. The predicted molar refractivity (Wildman–Crippen MR) is 173 cm³/mol. The number of rotatable bonds is 8. The maximum Gasteiger partial charge on any atom is 0.573 e. The molecule has 0 aliphatic carbocycles. The highest BCUT2D eigenvalue weighted by Gasteiger charge is 2.31. The summed E-state index contributed by atoms with van der Waals surface area (Å²) >= 11 is 1.58. The first-order valence-corrected chi connectivity index (χ1v) is 15.4. The lowest BCUT2D eigenvalue weighted by molar-refractivity contribution is -0.274. The number of alkyl halides is 3. The Labute approximate surface area is 264 Å². The number of carbonyl (C=O) groups is 1. The SMILES string of the molecule is CCCc1ccc(C)cc1N1CCSC1=NC(=O)N/C(C)=C(\C)c1ccc(-c2ncn(-c3ccc(OC(F)(F)F)cc3)n2)cc1. The van der Waals surface area contributed by atoms with E-state index in [1.165, 1.54) is 46.4 Å². The average molecular weight is 635 g/mol. The normalized spacial score (nSPS) is 14.9. The molecule has 12 heteroatoms. The highest BCUT2D eigenvalue weighted by atomic mass is 32.2. The van der Waals surface area contributed by atoms with Crippen molar-refractivity contribution < 1.29 is 22.7 Å². The van der Waals surface area contributed by atoms with Crippen LogP contribution in [0.5, 0.6) is 5.75 Å². The Balaban J connectivity index is 1.26. The number of urea groups is 1. The van der Waals surface area contributed by atoms with Crippen LogP contribution in [0.2, 0.25) is 0 Å². The molecule has 0 bridgehead atoms. The molecule has 1 aliphatic heterocycles. The van der Waals surface area contributed by atoms with Crippen LogP contribution in [-0.4, -0.2) is 44.6 Å². The summed E-state index contributed by atoms with van der Waals surface area (Å²) in [5.41, 5.74) is 7.31. The summed E-state index contributed by atoms with van der Waals surface area (Å²) in [7, 11) is 0. The molecule has 2 amide bonds. The van der Waals surface area contributed by atoms with Gasteiger partial charge in [0.05, 0.1) is 5.69 Å². The first-order valence-electron chi connectivity index (χ1n) is 14.5. The molecule has 3 aromatic carbocycles. The third-order valence-corrected chi connectivity index (χ3v) is 8.24. The molecule has 0 atom stereocenters. The number of thioether (sulfide) groups is 1. The van der Waals surface area contributed by atoms with Crippen LogP contribution < -0.4 is 15.0 Å². The van der Waals surface area contributed by atoms with Gasteiger partial charge in [0.1, 0.15) is 12.1 Å². The summed E-state index contributed by atoms with van der Waals surface area (Å²) in [4.78, 5) is 23.9. The molecule has 5 rings (SSSR count). The van der Waals surface area contributed by atoms with Crippen molar-refractivity contribution in [2.45, 2.75) is 46.9 Å². The van der Waals surface area contributed by atoms with Gasteiger partial charge in [-0.2, -0.15) is 4.99 Å². The zero-order chi connectivity index (χ0) is 32.1. The van der Waals surface area contributed by atoms with E-state index in [2.05, 4.69) is 62.1 Å². The van der Waals surface area contributed by atoms with E-state index >= 15 is 0 Å². The number of benzene rings is 3. The van der Waals surface area contributed by atoms with Crippen LogP contribution >= 0.6 is 11.8 Å². The maximum absolute atomic E-state index is 13.0. The maximum atomic E-state index is 13.0. The Kier molecular flexibility index (Phi) is 9.62. The van der Waals surface area contributed by atoms with Gasteiger partial charge in [0.2, 0.25) is 0 Å². The fraction of sp³-hybridized carbons (Fsp3) is 0.273. The van der Waals surface area contributed by atoms with E-state index in [-0.39, 0.29) is 5.75 Å². The van der Waals surface area contributed by atoms with E-state index < -0.39 is 12.4 Å². The Morgan fingerprint density at radius 2 is 1.80 bits per heavy atom. The highest BCUT2D eigenvalue weighted by molar-refractivity contribution is 8.14. The number of hydrogen-bond acceptors (Lipinski definition) is 5. The van der Waals surface area contributed by atoms with Gasteiger partial charge in [-0.05, 0) is 79.8 Å². The third kappa shape index (κ3) is 7.93. The van der Waals surface area contributed by atoms with Crippen LogP contribution in [-0.2, 0) is 6.42 Å². The fourth-order valence-corrected chi connectivity index (χ4v) is 5.85. The van der Waals surface area contributed by atoms with Crippen LogP contribution in [0, 0.1) is 6.92 Å². The van der Waals surface area contributed by atoms with Gasteiger partial charge in [0, 0.05) is 29.2 Å². The minimum Gasteiger partial charge on any atom is -0.406 e. The van der Waals surface area contributed by atoms with Gasteiger partial charge < -0.3 is 15.0 Å². The number of anilines is 1. The number of carbonyl (C=O) groups excluding carboxylic acids is 1. The van der Waals surface area contributed by atoms with Gasteiger partial charge in [0.25, 0.3) is 0 Å². The zero-order valence-electron chi connectivity index (χ0n) is 25.4. The average Bonchev–Trinajstić information content (AvgIpc) is 3.68. The molecular weight excluding hydrogens is 601 g/mol. The second kappa shape index (κ2) is 13.6. The molecule has 0 spiro atoms. The Morgan fingerprint density at radius 1 is 1.07 bits per heavy atom. The molecule has 1 aliphatic rings. The van der Waals surface area contributed by atoms with Crippen molar-refractivity contribution in [1.29, 1.82) is 0 Å². The molecule has 0 saturated carbocycles. The molecule has 1 aromatic heterocycles. The number of amides is 2. The van der Waals surface area contributed by atoms with Crippen LogP contribution in [0.3, 0.4) is 0 Å². The molecule has 1 N–H and O–H groups in total. The number of ether oxygens (including phenoxy) is 1. The summed E-state index contributed by atoms with van der Waals surface area (Å²) in [5.74, 6) is 1.00. The fourth-order valence-electron chi connectivity index (χ4n) is 4.90. The third-order valence-electron chi connectivity index (χ3n) is 7.28. The van der Waals surface area contributed by atoms with Gasteiger partial charge in [-0.1, -0.05) is 61.5 Å². The summed E-state index contributed by atoms with van der Waals surface area (Å²) < 4.78 is 42.7. The summed E-state index contributed by atoms with van der Waals surface area (Å²) in [6, 6.07) is 19.0. The second-order valence-corrected chi connectivity index (χ2v) is 11.7. The molecule has 234 valence electrons. The second-order valence-electron chi connectivity index (χ2n) is 10.6. The number of aliphatic imine (C=N–C) groups is 1. The van der Waals surface area contributed by atoms with Crippen LogP contribution in [0.15, 0.2) is 83.7 Å². The van der Waals surface area contributed by atoms with Crippen molar-refractivity contribution in [3.05, 3.63) is 95.4 Å². The van der Waals surface area contributed by atoms with Gasteiger partial charge in [-0.25, -0.2) is 14.5 Å². The quantitative estimate of drug-likeness (QED) is 0.211. The van der Waals surface area contributed by atoms with Crippen LogP contribution in [0.4, 0.5) is 23.7 Å². The zero-order valence-corrected chi connectivity index (χ0v) is 26.2. The van der Waals surface area contributed by atoms with Crippen molar-refractivity contribution in [2.75, 3.05) is 17.2 Å². The number of halogens is 3. The minimum absolute atomic E-state index is 0.313. The number of aryl methyl sites for hydroxylation is 2. The lowest BCUT2D eigenvalue weighted by atomic mass is 10.0. The topological polar surface area (TPSA) is 84.6 Å². The molecule has 2 heterocycles. The molecule has 0 radical (unpaired) electrons. The molecule has 45 heavy (non-hydrogen) atoms. The van der Waals surface area contributed by atoms with Gasteiger partial charge in [-0.15, -0.1) is 18.3 Å². The number of nitrogens with zero attached hydrogens (tertiary/aromatic N) is 5. The largest absolute Gasteiger partial charge is 0.573 e. The number of hydrogen-bond donors (Lipinski definition) is 1. The van der Waals surface area contributed by atoms with Gasteiger partial charge in [-0.3, -0.25) is 0 Å². The summed E-state index contributed by atoms with van der Waals surface area (Å²) in [6.07, 6.45) is -1.26. The molecule has 1 saturated heterocycles. The van der Waals surface area contributed by atoms with Gasteiger partial charge in [0.15, 0.2) is 11.0 Å². The first-order chi connectivity index (χ1) is 21.5. The number of allylic oxidation sites excluding steroid dienone is 2. The smallest absolute Gasteiger partial charge is 0.406 e. The summed E-state index contributed by atoms with van der Waals surface area (Å²) in [6.45, 7) is 8.80. The Hall–Kier alpha value is -4.58. The lowest BCUT2D eigenvalue weighted by Gasteiger charge is -2.22. The van der Waals surface area contributed by atoms with Crippen molar-refractivity contribution in [3.8, 4) is 22.8 Å². The standard InChI is InChI=1S/C33H33F3N6O2S/c1-5-6-25-8-7-21(2)19-29(25)41-17-18-45-32(41)39-31(43)38-23(4)22(3)24-9-11-26(12-10-24)30-37-20-42(40-30)27-13-15-28(16-14-27)44-33(34,35)36/h7-16,19-20H,5-6,17-18H2,1-4H3,(H,38,43)/b23-22+,39-32?. The molecule has 4 aromatic rings. The van der Waals surface area contributed by atoms with Crippen molar-refractivity contribution in [2.24, 2.45) is 4.99 Å². The van der Waals surface area contributed by atoms with E-state index in [1.54, 1.807) is 11.8 Å².